The summed E-state index contributed by atoms with van der Waals surface area (Å²) in [5.41, 5.74) is 0.500. The van der Waals surface area contributed by atoms with Gasteiger partial charge >= 0.3 is 0 Å². The van der Waals surface area contributed by atoms with Gasteiger partial charge in [-0.25, -0.2) is 0 Å². The Hall–Kier alpha value is -0.160. The van der Waals surface area contributed by atoms with Crippen LogP contribution in [0.4, 0.5) is 0 Å². The van der Waals surface area contributed by atoms with Crippen molar-refractivity contribution in [2.24, 2.45) is 0 Å². The molecule has 0 atom stereocenters. The Labute approximate surface area is 139 Å². The van der Waals surface area contributed by atoms with Crippen LogP contribution in [0, 0.1) is 0 Å². The summed E-state index contributed by atoms with van der Waals surface area (Å²) in [6.07, 6.45) is 2.51. The number of hydrogen-bond donors (Lipinski definition) is 2. The molecule has 0 amide bonds. The zero-order chi connectivity index (χ0) is 16.6. The van der Waals surface area contributed by atoms with Crippen LogP contribution in [0.3, 0.4) is 0 Å². The largest absolute Gasteiger partial charge is 0.312 e. The minimum Gasteiger partial charge on any atom is -0.312 e. The van der Waals surface area contributed by atoms with Gasteiger partial charge in [0, 0.05) is 37.3 Å². The Morgan fingerprint density at radius 2 is 0.955 bits per heavy atom. The Morgan fingerprint density at radius 1 is 0.636 bits per heavy atom. The molecule has 132 valence electrons. The van der Waals surface area contributed by atoms with Gasteiger partial charge in [-0.1, -0.05) is 0 Å². The molecule has 0 saturated carbocycles. The van der Waals surface area contributed by atoms with Crippen LogP contribution in [0.1, 0.15) is 54.4 Å². The fourth-order valence-electron chi connectivity index (χ4n) is 2.77. The molecule has 0 aromatic rings. The van der Waals surface area contributed by atoms with Gasteiger partial charge in [-0.15, -0.1) is 0 Å². The molecule has 0 bridgehead atoms. The number of piperazine rings is 1. The average molecular weight is 313 g/mol. The van der Waals surface area contributed by atoms with Gasteiger partial charge in [0.1, 0.15) is 0 Å². The van der Waals surface area contributed by atoms with E-state index in [1.165, 1.54) is 52.1 Å². The van der Waals surface area contributed by atoms with E-state index in [-0.39, 0.29) is 11.1 Å². The smallest absolute Gasteiger partial charge is 0.0110 e. The first kappa shape index (κ1) is 19.9. The molecule has 1 fully saturated rings. The van der Waals surface area contributed by atoms with E-state index in [1.807, 2.05) is 0 Å². The molecule has 4 nitrogen and oxygen atoms in total. The molecule has 0 spiro atoms. The summed E-state index contributed by atoms with van der Waals surface area (Å²) in [5, 5.41) is 7.15. The van der Waals surface area contributed by atoms with E-state index in [2.05, 4.69) is 62.0 Å². The molecule has 1 aliphatic rings. The van der Waals surface area contributed by atoms with E-state index >= 15 is 0 Å². The van der Waals surface area contributed by atoms with Crippen molar-refractivity contribution in [3.63, 3.8) is 0 Å². The maximum absolute atomic E-state index is 3.57. The van der Waals surface area contributed by atoms with E-state index < -0.39 is 0 Å². The Kier molecular flexibility index (Phi) is 8.33. The van der Waals surface area contributed by atoms with Crippen LogP contribution in [-0.2, 0) is 0 Å². The van der Waals surface area contributed by atoms with E-state index in [0.717, 1.165) is 13.1 Å². The zero-order valence-corrected chi connectivity index (χ0v) is 16.0. The molecular weight excluding hydrogens is 272 g/mol. The Bertz CT molecular complexity index is 252. The lowest BCUT2D eigenvalue weighted by molar-refractivity contribution is 0.129. The summed E-state index contributed by atoms with van der Waals surface area (Å²) in [4.78, 5) is 5.24. The molecule has 4 heteroatoms. The van der Waals surface area contributed by atoms with Crippen LogP contribution in [0.25, 0.3) is 0 Å². The van der Waals surface area contributed by atoms with Crippen LogP contribution in [-0.4, -0.2) is 73.2 Å². The van der Waals surface area contributed by atoms with E-state index in [9.17, 15) is 0 Å². The van der Waals surface area contributed by atoms with Crippen LogP contribution in [0.15, 0.2) is 0 Å². The maximum atomic E-state index is 3.57. The molecule has 0 aliphatic carbocycles. The molecule has 1 saturated heterocycles. The summed E-state index contributed by atoms with van der Waals surface area (Å²) in [5.74, 6) is 0. The lowest BCUT2D eigenvalue weighted by Gasteiger charge is -2.35. The van der Waals surface area contributed by atoms with Crippen molar-refractivity contribution >= 4 is 0 Å². The predicted molar refractivity (Wildman–Crippen MR) is 97.6 cm³/mol. The van der Waals surface area contributed by atoms with Crippen LogP contribution in [0.2, 0.25) is 0 Å². The molecule has 1 heterocycles. The summed E-state index contributed by atoms with van der Waals surface area (Å²) < 4.78 is 0. The van der Waals surface area contributed by atoms with Crippen molar-refractivity contribution in [2.45, 2.75) is 65.5 Å². The minimum absolute atomic E-state index is 0.250. The highest BCUT2D eigenvalue weighted by Gasteiger charge is 2.16. The second-order valence-corrected chi connectivity index (χ2v) is 8.74. The summed E-state index contributed by atoms with van der Waals surface area (Å²) in [6.45, 7) is 23.1. The standard InChI is InChI=1S/C18H40N4/c1-17(2,3)19-9-7-11-21-13-15-22(16-14-21)12-8-10-20-18(4,5)6/h19-20H,7-16H2,1-6H3. The van der Waals surface area contributed by atoms with Crippen LogP contribution >= 0.6 is 0 Å². The van der Waals surface area contributed by atoms with Gasteiger partial charge in [0.2, 0.25) is 0 Å². The second kappa shape index (κ2) is 9.21. The molecule has 2 N–H and O–H groups in total. The highest BCUT2D eigenvalue weighted by molar-refractivity contribution is 4.75. The summed E-state index contributed by atoms with van der Waals surface area (Å²) in [7, 11) is 0. The third-order valence-electron chi connectivity index (χ3n) is 4.08. The first-order chi connectivity index (χ1) is 10.2. The van der Waals surface area contributed by atoms with Crippen molar-refractivity contribution in [1.82, 2.24) is 20.4 Å². The van der Waals surface area contributed by atoms with Crippen molar-refractivity contribution in [1.29, 1.82) is 0 Å². The fraction of sp³-hybridized carbons (Fsp3) is 1.00. The van der Waals surface area contributed by atoms with Crippen molar-refractivity contribution < 1.29 is 0 Å². The number of hydrogen-bond acceptors (Lipinski definition) is 4. The molecular formula is C18H40N4. The number of nitrogens with zero attached hydrogens (tertiary/aromatic N) is 2. The third-order valence-corrected chi connectivity index (χ3v) is 4.08. The van der Waals surface area contributed by atoms with Gasteiger partial charge in [0.25, 0.3) is 0 Å². The normalized spacial score (nSPS) is 18.8. The number of nitrogens with one attached hydrogen (secondary N) is 2. The second-order valence-electron chi connectivity index (χ2n) is 8.74. The van der Waals surface area contributed by atoms with E-state index in [1.54, 1.807) is 0 Å². The molecule has 0 unspecified atom stereocenters. The first-order valence-electron chi connectivity index (χ1n) is 9.10. The highest BCUT2D eigenvalue weighted by atomic mass is 15.3. The third kappa shape index (κ3) is 10.5. The van der Waals surface area contributed by atoms with E-state index in [0.29, 0.717) is 0 Å². The molecule has 0 aromatic heterocycles. The van der Waals surface area contributed by atoms with Crippen molar-refractivity contribution in [3.05, 3.63) is 0 Å². The molecule has 22 heavy (non-hydrogen) atoms. The Morgan fingerprint density at radius 3 is 1.23 bits per heavy atom. The summed E-state index contributed by atoms with van der Waals surface area (Å²) >= 11 is 0. The van der Waals surface area contributed by atoms with Crippen molar-refractivity contribution in [3.8, 4) is 0 Å². The highest BCUT2D eigenvalue weighted by Crippen LogP contribution is 2.05. The zero-order valence-electron chi connectivity index (χ0n) is 16.0. The van der Waals surface area contributed by atoms with Gasteiger partial charge in [-0.3, -0.25) is 0 Å². The Balaban J connectivity index is 2.01. The first-order valence-corrected chi connectivity index (χ1v) is 9.10. The van der Waals surface area contributed by atoms with Gasteiger partial charge in [0.05, 0.1) is 0 Å². The van der Waals surface area contributed by atoms with Gasteiger partial charge < -0.3 is 20.4 Å². The molecule has 1 aliphatic heterocycles. The van der Waals surface area contributed by atoms with Gasteiger partial charge in [-0.2, -0.15) is 0 Å². The lowest BCUT2D eigenvalue weighted by atomic mass is 10.1. The average Bonchev–Trinajstić information content (AvgIpc) is 2.39. The summed E-state index contributed by atoms with van der Waals surface area (Å²) in [6, 6.07) is 0. The predicted octanol–water partition coefficient (Wildman–Crippen LogP) is 2.16. The van der Waals surface area contributed by atoms with Gasteiger partial charge in [-0.05, 0) is 80.6 Å². The lowest BCUT2D eigenvalue weighted by Crippen LogP contribution is -2.48. The number of rotatable bonds is 8. The molecule has 0 aromatic carbocycles. The minimum atomic E-state index is 0.250. The van der Waals surface area contributed by atoms with Crippen molar-refractivity contribution in [2.75, 3.05) is 52.4 Å². The molecule has 0 radical (unpaired) electrons. The SMILES string of the molecule is CC(C)(C)NCCCN1CCN(CCCNC(C)(C)C)CC1. The van der Waals surface area contributed by atoms with E-state index in [4.69, 9.17) is 0 Å². The van der Waals surface area contributed by atoms with Crippen LogP contribution in [0.5, 0.6) is 0 Å². The van der Waals surface area contributed by atoms with Gasteiger partial charge in [0.15, 0.2) is 0 Å². The fourth-order valence-corrected chi connectivity index (χ4v) is 2.77. The quantitative estimate of drug-likeness (QED) is 0.673. The molecule has 1 rings (SSSR count). The monoisotopic (exact) mass is 312 g/mol. The maximum Gasteiger partial charge on any atom is 0.0110 e. The van der Waals surface area contributed by atoms with Crippen LogP contribution < -0.4 is 10.6 Å². The topological polar surface area (TPSA) is 30.5 Å².